The summed E-state index contributed by atoms with van der Waals surface area (Å²) in [4.78, 5) is 8.49. The summed E-state index contributed by atoms with van der Waals surface area (Å²) in [7, 11) is 1.72. The van der Waals surface area contributed by atoms with Gasteiger partial charge in [0.2, 0.25) is 0 Å². The van der Waals surface area contributed by atoms with Crippen LogP contribution in [-0.4, -0.2) is 13.1 Å². The lowest BCUT2D eigenvalue weighted by Crippen LogP contribution is -2.07. The predicted molar refractivity (Wildman–Crippen MR) is 93.5 cm³/mol. The minimum Gasteiger partial charge on any atom is -0.229 e. The van der Waals surface area contributed by atoms with Gasteiger partial charge in [0.15, 0.2) is 0 Å². The highest BCUT2D eigenvalue weighted by molar-refractivity contribution is 5.66. The first kappa shape index (κ1) is 17.7. The zero-order valence-electron chi connectivity index (χ0n) is 14.9. The van der Waals surface area contributed by atoms with Gasteiger partial charge >= 0.3 is 0 Å². The Morgan fingerprint density at radius 3 is 1.90 bits per heavy atom. The molecule has 0 amide bonds. The standard InChI is InChI=1S/C19H30N2/c1-9-15-16(12(2)3)10-17(13(4)5)19(21-11-20-8)18(15)14(6)7/h10,12-14H,9H2,1-8H3. The molecule has 1 aromatic rings. The maximum Gasteiger partial charge on any atom is 0.0946 e. The third-order valence-corrected chi connectivity index (χ3v) is 3.95. The Hall–Kier alpha value is -1.40. The summed E-state index contributed by atoms with van der Waals surface area (Å²) in [6, 6.07) is 5.16. The fourth-order valence-corrected chi connectivity index (χ4v) is 2.97. The number of rotatable bonds is 5. The molecule has 0 fully saturated rings. The van der Waals surface area contributed by atoms with Crippen LogP contribution in [0.15, 0.2) is 16.1 Å². The van der Waals surface area contributed by atoms with Crippen molar-refractivity contribution in [2.45, 2.75) is 72.6 Å². The van der Waals surface area contributed by atoms with Crippen LogP contribution in [0, 0.1) is 0 Å². The molecule has 0 N–H and O–H groups in total. The molecule has 2 nitrogen and oxygen atoms in total. The molecule has 2 heteroatoms. The molecule has 116 valence electrons. The lowest BCUT2D eigenvalue weighted by atomic mass is 9.82. The van der Waals surface area contributed by atoms with Crippen LogP contribution in [0.2, 0.25) is 0 Å². The van der Waals surface area contributed by atoms with Crippen molar-refractivity contribution in [3.8, 4) is 0 Å². The Balaban J connectivity index is 3.85. The monoisotopic (exact) mass is 286 g/mol. The highest BCUT2D eigenvalue weighted by Crippen LogP contribution is 2.41. The van der Waals surface area contributed by atoms with E-state index in [2.05, 4.69) is 70.5 Å². The highest BCUT2D eigenvalue weighted by Gasteiger charge is 2.21. The van der Waals surface area contributed by atoms with Crippen LogP contribution in [0.4, 0.5) is 5.69 Å². The molecule has 0 spiro atoms. The predicted octanol–water partition coefficient (Wildman–Crippen LogP) is 6.05. The zero-order valence-corrected chi connectivity index (χ0v) is 14.9. The molecule has 0 aromatic heterocycles. The average Bonchev–Trinajstić information content (AvgIpc) is 2.42. The molecule has 0 bridgehead atoms. The van der Waals surface area contributed by atoms with Gasteiger partial charge in [0.05, 0.1) is 11.7 Å². The third-order valence-electron chi connectivity index (χ3n) is 3.95. The first-order valence-electron chi connectivity index (χ1n) is 8.09. The summed E-state index contributed by atoms with van der Waals surface area (Å²) < 4.78 is 0. The zero-order chi connectivity index (χ0) is 16.2. The van der Waals surface area contributed by atoms with Crippen LogP contribution < -0.4 is 0 Å². The molecule has 0 saturated heterocycles. The second-order valence-corrected chi connectivity index (χ2v) is 6.55. The van der Waals surface area contributed by atoms with E-state index in [1.165, 1.54) is 22.3 Å². The Morgan fingerprint density at radius 1 is 0.952 bits per heavy atom. The summed E-state index contributed by atoms with van der Waals surface area (Å²) >= 11 is 0. The molecule has 0 unspecified atom stereocenters. The fourth-order valence-electron chi connectivity index (χ4n) is 2.97. The van der Waals surface area contributed by atoms with E-state index in [1.807, 2.05) is 0 Å². The first-order chi connectivity index (χ1) is 9.84. The quantitative estimate of drug-likeness (QED) is 0.588. The van der Waals surface area contributed by atoms with Gasteiger partial charge in [-0.25, -0.2) is 4.99 Å². The topological polar surface area (TPSA) is 24.7 Å². The van der Waals surface area contributed by atoms with Gasteiger partial charge in [-0.15, -0.1) is 0 Å². The van der Waals surface area contributed by atoms with Gasteiger partial charge in [0, 0.05) is 7.05 Å². The Kier molecular flexibility index (Phi) is 6.36. The van der Waals surface area contributed by atoms with E-state index < -0.39 is 0 Å². The molecule has 0 aliphatic carbocycles. The second kappa shape index (κ2) is 7.56. The van der Waals surface area contributed by atoms with Gasteiger partial charge in [-0.1, -0.05) is 54.5 Å². The van der Waals surface area contributed by atoms with Crippen molar-refractivity contribution in [3.63, 3.8) is 0 Å². The maximum atomic E-state index is 4.56. The first-order valence-corrected chi connectivity index (χ1v) is 8.09. The van der Waals surface area contributed by atoms with Crippen LogP contribution in [0.25, 0.3) is 0 Å². The van der Waals surface area contributed by atoms with Gasteiger partial charge in [-0.2, -0.15) is 4.99 Å². The van der Waals surface area contributed by atoms with Gasteiger partial charge in [0.25, 0.3) is 0 Å². The SMILES string of the molecule is CCc1c(C(C)C)cc(C(C)C)c(N=C=NC)c1C(C)C. The van der Waals surface area contributed by atoms with Gasteiger partial charge in [-0.05, 0) is 46.4 Å². The molecule has 0 saturated carbocycles. The van der Waals surface area contributed by atoms with Crippen LogP contribution in [0.5, 0.6) is 0 Å². The van der Waals surface area contributed by atoms with Gasteiger partial charge in [0.1, 0.15) is 0 Å². The normalized spacial score (nSPS) is 11.2. The van der Waals surface area contributed by atoms with Crippen LogP contribution in [0.3, 0.4) is 0 Å². The van der Waals surface area contributed by atoms with Crippen molar-refractivity contribution in [1.29, 1.82) is 0 Å². The van der Waals surface area contributed by atoms with Crippen LogP contribution in [-0.2, 0) is 6.42 Å². The van der Waals surface area contributed by atoms with E-state index in [9.17, 15) is 0 Å². The van der Waals surface area contributed by atoms with Crippen molar-refractivity contribution in [2.24, 2.45) is 9.98 Å². The second-order valence-electron chi connectivity index (χ2n) is 6.55. The molecule has 0 aliphatic rings. The average molecular weight is 286 g/mol. The molecule has 1 rings (SSSR count). The summed E-state index contributed by atoms with van der Waals surface area (Å²) in [5.41, 5.74) is 6.71. The minimum absolute atomic E-state index is 0.448. The summed E-state index contributed by atoms with van der Waals surface area (Å²) in [6.07, 6.45) is 1.05. The number of nitrogens with zero attached hydrogens (tertiary/aromatic N) is 2. The number of hydrogen-bond donors (Lipinski definition) is 0. The fraction of sp³-hybridized carbons (Fsp3) is 0.632. The van der Waals surface area contributed by atoms with E-state index in [-0.39, 0.29) is 0 Å². The van der Waals surface area contributed by atoms with Crippen molar-refractivity contribution in [2.75, 3.05) is 7.05 Å². The maximum absolute atomic E-state index is 4.56. The van der Waals surface area contributed by atoms with Gasteiger partial charge < -0.3 is 0 Å². The van der Waals surface area contributed by atoms with Crippen molar-refractivity contribution < 1.29 is 0 Å². The van der Waals surface area contributed by atoms with Gasteiger partial charge in [-0.3, -0.25) is 0 Å². The number of benzene rings is 1. The van der Waals surface area contributed by atoms with Crippen LogP contribution >= 0.6 is 0 Å². The molecular weight excluding hydrogens is 256 g/mol. The Labute approximate surface area is 130 Å². The molecular formula is C19H30N2. The number of hydrogen-bond acceptors (Lipinski definition) is 2. The number of aliphatic imine (C=N–C) groups is 2. The third kappa shape index (κ3) is 3.83. The minimum atomic E-state index is 0.448. The van der Waals surface area contributed by atoms with Crippen molar-refractivity contribution >= 4 is 11.7 Å². The van der Waals surface area contributed by atoms with Crippen molar-refractivity contribution in [3.05, 3.63) is 28.3 Å². The smallest absolute Gasteiger partial charge is 0.0946 e. The summed E-state index contributed by atoms with van der Waals surface area (Å²) in [6.45, 7) is 15.8. The van der Waals surface area contributed by atoms with E-state index >= 15 is 0 Å². The molecule has 0 aliphatic heterocycles. The molecule has 0 radical (unpaired) electrons. The highest BCUT2D eigenvalue weighted by atomic mass is 14.8. The summed E-state index contributed by atoms with van der Waals surface area (Å²) in [5.74, 6) is 1.43. The van der Waals surface area contributed by atoms with E-state index in [0.29, 0.717) is 17.8 Å². The summed E-state index contributed by atoms with van der Waals surface area (Å²) in [5, 5.41) is 0. The van der Waals surface area contributed by atoms with E-state index in [4.69, 9.17) is 0 Å². The Bertz CT molecular complexity index is 545. The largest absolute Gasteiger partial charge is 0.229 e. The lowest BCUT2D eigenvalue weighted by Gasteiger charge is -2.24. The van der Waals surface area contributed by atoms with E-state index in [1.54, 1.807) is 7.05 Å². The Morgan fingerprint density at radius 2 is 1.52 bits per heavy atom. The van der Waals surface area contributed by atoms with Crippen molar-refractivity contribution in [1.82, 2.24) is 0 Å². The molecule has 0 atom stereocenters. The lowest BCUT2D eigenvalue weighted by molar-refractivity contribution is 0.780. The molecule has 1 aromatic carbocycles. The van der Waals surface area contributed by atoms with E-state index in [0.717, 1.165) is 12.1 Å². The molecule has 21 heavy (non-hydrogen) atoms. The molecule has 0 heterocycles. The van der Waals surface area contributed by atoms with Crippen LogP contribution in [0.1, 0.15) is 88.5 Å².